The monoisotopic (exact) mass is 364 g/mol. The first-order valence-electron chi connectivity index (χ1n) is 7.19. The summed E-state index contributed by atoms with van der Waals surface area (Å²) in [5, 5.41) is 15.9. The molecule has 2 amide bonds. The van der Waals surface area contributed by atoms with E-state index in [-0.39, 0.29) is 23.7 Å². The minimum atomic E-state index is -0.638. The molecule has 2 N–H and O–H groups in total. The summed E-state index contributed by atoms with van der Waals surface area (Å²) in [6.07, 6.45) is 1.45. The van der Waals surface area contributed by atoms with Crippen LogP contribution in [0.2, 0.25) is 0 Å². The molecule has 1 fully saturated rings. The van der Waals surface area contributed by atoms with Crippen LogP contribution in [0.4, 0.5) is 11.4 Å². The van der Waals surface area contributed by atoms with Crippen LogP contribution in [-0.2, 0) is 9.59 Å². The number of rotatable bonds is 7. The smallest absolute Gasteiger partial charge is 0.296 e. The van der Waals surface area contributed by atoms with E-state index >= 15 is 0 Å². The van der Waals surface area contributed by atoms with Crippen LogP contribution >= 0.6 is 11.8 Å². The van der Waals surface area contributed by atoms with Gasteiger partial charge in [-0.15, -0.1) is 6.58 Å². The number of carbonyl (C=O) groups excluding carboxylic acids is 2. The molecule has 0 unspecified atom stereocenters. The molecule has 10 heteroatoms. The van der Waals surface area contributed by atoms with Crippen molar-refractivity contribution in [2.45, 2.75) is 11.7 Å². The number of carbonyl (C=O) groups is 2. The number of aliphatic imine (C=N–C) groups is 1. The highest BCUT2D eigenvalue weighted by Crippen LogP contribution is 2.30. The van der Waals surface area contributed by atoms with Gasteiger partial charge in [-0.3, -0.25) is 24.7 Å². The number of ether oxygens (including phenoxy) is 1. The van der Waals surface area contributed by atoms with Gasteiger partial charge in [0.2, 0.25) is 11.8 Å². The first kappa shape index (κ1) is 18.5. The maximum absolute atomic E-state index is 12.1. The Morgan fingerprint density at radius 2 is 2.36 bits per heavy atom. The van der Waals surface area contributed by atoms with E-state index in [0.717, 1.165) is 11.8 Å². The molecular formula is C15H16N4O5S. The van der Waals surface area contributed by atoms with Gasteiger partial charge >= 0.3 is 0 Å². The van der Waals surface area contributed by atoms with Crippen molar-refractivity contribution in [3.8, 4) is 5.75 Å². The van der Waals surface area contributed by atoms with Crippen molar-refractivity contribution in [1.82, 2.24) is 5.32 Å². The fraction of sp³-hybridized carbons (Fsp3) is 0.267. The molecule has 1 aromatic carbocycles. The van der Waals surface area contributed by atoms with E-state index in [2.05, 4.69) is 22.2 Å². The zero-order valence-corrected chi connectivity index (χ0v) is 14.2. The highest BCUT2D eigenvalue weighted by Gasteiger charge is 2.32. The van der Waals surface area contributed by atoms with Crippen molar-refractivity contribution < 1.29 is 19.2 Å². The molecule has 0 radical (unpaired) electrons. The van der Waals surface area contributed by atoms with Crippen molar-refractivity contribution in [2.75, 3.05) is 19.0 Å². The van der Waals surface area contributed by atoms with Crippen LogP contribution in [0.5, 0.6) is 5.75 Å². The maximum Gasteiger partial charge on any atom is 0.296 e. The third-order valence-electron chi connectivity index (χ3n) is 3.19. The van der Waals surface area contributed by atoms with E-state index in [4.69, 9.17) is 4.74 Å². The van der Waals surface area contributed by atoms with Crippen molar-refractivity contribution in [1.29, 1.82) is 0 Å². The molecule has 0 aromatic heterocycles. The van der Waals surface area contributed by atoms with Gasteiger partial charge in [0, 0.05) is 6.42 Å². The summed E-state index contributed by atoms with van der Waals surface area (Å²) in [5.74, 6) is -0.531. The van der Waals surface area contributed by atoms with Crippen LogP contribution in [0.25, 0.3) is 0 Å². The van der Waals surface area contributed by atoms with Crippen molar-refractivity contribution in [3.63, 3.8) is 0 Å². The molecule has 132 valence electrons. The summed E-state index contributed by atoms with van der Waals surface area (Å²) in [7, 11) is 1.39. The van der Waals surface area contributed by atoms with E-state index in [1.54, 1.807) is 6.08 Å². The van der Waals surface area contributed by atoms with E-state index in [9.17, 15) is 19.7 Å². The Morgan fingerprint density at radius 1 is 1.60 bits per heavy atom. The first-order chi connectivity index (χ1) is 11.9. The Labute approximate surface area is 147 Å². The van der Waals surface area contributed by atoms with Gasteiger partial charge < -0.3 is 15.4 Å². The second-order valence-corrected chi connectivity index (χ2v) is 6.11. The van der Waals surface area contributed by atoms with Gasteiger partial charge in [-0.2, -0.15) is 0 Å². The normalized spacial score (nSPS) is 17.9. The topological polar surface area (TPSA) is 123 Å². The molecule has 0 saturated carbocycles. The fourth-order valence-corrected chi connectivity index (χ4v) is 3.01. The lowest BCUT2D eigenvalue weighted by molar-refractivity contribution is -0.384. The molecule has 25 heavy (non-hydrogen) atoms. The molecule has 9 nitrogen and oxygen atoms in total. The van der Waals surface area contributed by atoms with E-state index in [0.29, 0.717) is 17.5 Å². The van der Waals surface area contributed by atoms with Gasteiger partial charge in [-0.1, -0.05) is 17.8 Å². The number of hydrogen-bond donors (Lipinski definition) is 2. The minimum absolute atomic E-state index is 0.0414. The number of hydrogen-bond acceptors (Lipinski definition) is 7. The van der Waals surface area contributed by atoms with Crippen LogP contribution in [0.1, 0.15) is 6.42 Å². The highest BCUT2D eigenvalue weighted by atomic mass is 32.2. The van der Waals surface area contributed by atoms with Gasteiger partial charge in [0.15, 0.2) is 5.17 Å². The Kier molecular flexibility index (Phi) is 6.12. The summed E-state index contributed by atoms with van der Waals surface area (Å²) in [4.78, 5) is 38.6. The molecule has 1 atom stereocenters. The number of thioether (sulfide) groups is 1. The molecule has 1 aliphatic heterocycles. The summed E-state index contributed by atoms with van der Waals surface area (Å²) in [6, 6.07) is 4.10. The van der Waals surface area contributed by atoms with Crippen LogP contribution in [0.3, 0.4) is 0 Å². The molecule has 1 aliphatic rings. The average molecular weight is 364 g/mol. The predicted molar refractivity (Wildman–Crippen MR) is 94.9 cm³/mol. The Bertz CT molecular complexity index is 749. The van der Waals surface area contributed by atoms with Gasteiger partial charge in [0.05, 0.1) is 24.6 Å². The number of nitrogens with one attached hydrogen (secondary N) is 2. The van der Waals surface area contributed by atoms with E-state index < -0.39 is 16.1 Å². The Balaban J connectivity index is 2.04. The summed E-state index contributed by atoms with van der Waals surface area (Å²) in [6.45, 7) is 3.89. The number of nitro benzene ring substituents is 1. The summed E-state index contributed by atoms with van der Waals surface area (Å²) < 4.78 is 4.94. The quantitative estimate of drug-likeness (QED) is 0.431. The van der Waals surface area contributed by atoms with Gasteiger partial charge in [0.25, 0.3) is 5.69 Å². The van der Waals surface area contributed by atoms with E-state index in [1.165, 1.54) is 25.3 Å². The molecule has 0 bridgehead atoms. The SMILES string of the molecule is C=CCN=C1NC(=O)[C@H](CC(=O)Nc2ccc(OC)cc2[N+](=O)[O-])S1. The van der Waals surface area contributed by atoms with Crippen LogP contribution in [0, 0.1) is 10.1 Å². The lowest BCUT2D eigenvalue weighted by Crippen LogP contribution is -2.28. The standard InChI is InChI=1S/C15H16N4O5S/c1-3-6-16-15-18-14(21)12(25-15)8-13(20)17-10-5-4-9(24-2)7-11(10)19(22)23/h3-5,7,12H,1,6,8H2,2H3,(H,17,20)(H,16,18,21)/t12-/m0/s1. The Hall–Kier alpha value is -2.88. The number of amides is 2. The number of nitro groups is 1. The number of nitrogens with zero attached hydrogens (tertiary/aromatic N) is 2. The largest absolute Gasteiger partial charge is 0.496 e. The molecular weight excluding hydrogens is 348 g/mol. The molecule has 1 heterocycles. The number of anilines is 1. The lowest BCUT2D eigenvalue weighted by atomic mass is 10.2. The first-order valence-corrected chi connectivity index (χ1v) is 8.07. The molecule has 0 spiro atoms. The van der Waals surface area contributed by atoms with Crippen LogP contribution < -0.4 is 15.4 Å². The second kappa shape index (κ2) is 8.29. The third kappa shape index (κ3) is 4.80. The molecule has 0 aliphatic carbocycles. The lowest BCUT2D eigenvalue weighted by Gasteiger charge is -2.09. The van der Waals surface area contributed by atoms with Gasteiger partial charge in [-0.25, -0.2) is 0 Å². The Morgan fingerprint density at radius 3 is 3.00 bits per heavy atom. The number of benzene rings is 1. The molecule has 1 saturated heterocycles. The average Bonchev–Trinajstić information content (AvgIpc) is 2.92. The van der Waals surface area contributed by atoms with Crippen molar-refractivity contribution >= 4 is 40.1 Å². The minimum Gasteiger partial charge on any atom is -0.496 e. The number of methoxy groups -OCH3 is 1. The molecule has 1 aromatic rings. The third-order valence-corrected chi connectivity index (χ3v) is 4.31. The van der Waals surface area contributed by atoms with Crippen LogP contribution in [0.15, 0.2) is 35.8 Å². The van der Waals surface area contributed by atoms with Crippen molar-refractivity contribution in [2.24, 2.45) is 4.99 Å². The highest BCUT2D eigenvalue weighted by molar-refractivity contribution is 8.15. The summed E-state index contributed by atoms with van der Waals surface area (Å²) >= 11 is 1.14. The zero-order chi connectivity index (χ0) is 18.4. The fourth-order valence-electron chi connectivity index (χ4n) is 2.03. The number of amidine groups is 1. The van der Waals surface area contributed by atoms with Gasteiger partial charge in [0.1, 0.15) is 16.7 Å². The van der Waals surface area contributed by atoms with Crippen molar-refractivity contribution in [3.05, 3.63) is 41.0 Å². The maximum atomic E-state index is 12.1. The van der Waals surface area contributed by atoms with Crippen LogP contribution in [-0.4, -0.2) is 40.8 Å². The zero-order valence-electron chi connectivity index (χ0n) is 13.4. The predicted octanol–water partition coefficient (Wildman–Crippen LogP) is 1.71. The van der Waals surface area contributed by atoms with Gasteiger partial charge in [-0.05, 0) is 12.1 Å². The summed E-state index contributed by atoms with van der Waals surface area (Å²) in [5.41, 5.74) is -0.246. The molecule has 2 rings (SSSR count). The van der Waals surface area contributed by atoms with E-state index in [1.807, 2.05) is 0 Å². The second-order valence-electron chi connectivity index (χ2n) is 4.92.